The lowest BCUT2D eigenvalue weighted by Gasteiger charge is -2.23. The highest BCUT2D eigenvalue weighted by Gasteiger charge is 2.19. The molecule has 0 bridgehead atoms. The topological polar surface area (TPSA) is 64.1 Å². The number of hydrogen-bond donors (Lipinski definition) is 1. The lowest BCUT2D eigenvalue weighted by molar-refractivity contribution is 0.255. The number of rotatable bonds is 2. The van der Waals surface area contributed by atoms with Gasteiger partial charge in [0.25, 0.3) is 0 Å². The number of nitrogens with zero attached hydrogens (tertiary/aromatic N) is 3. The van der Waals surface area contributed by atoms with Crippen LogP contribution in [0.3, 0.4) is 0 Å². The van der Waals surface area contributed by atoms with Crippen molar-refractivity contribution in [2.75, 3.05) is 31.1 Å². The molecule has 3 heterocycles. The van der Waals surface area contributed by atoms with E-state index in [-0.39, 0.29) is 16.9 Å². The zero-order valence-electron chi connectivity index (χ0n) is 12.8. The first-order valence-corrected chi connectivity index (χ1v) is 9.00. The maximum Gasteiger partial charge on any atom is 0.350 e. The highest BCUT2D eigenvalue weighted by atomic mass is 32.2. The number of anilines is 1. The fraction of sp³-hybridized carbons (Fsp3) is 0.625. The summed E-state index contributed by atoms with van der Waals surface area (Å²) in [6, 6.07) is 0. The second-order valence-corrected chi connectivity index (χ2v) is 7.12. The second kappa shape index (κ2) is 7.21. The molecular weight excluding hydrogens is 296 g/mol. The molecule has 6 heteroatoms. The van der Waals surface area contributed by atoms with Crippen molar-refractivity contribution in [1.82, 2.24) is 14.5 Å². The standard InChI is InChI=1S/C16H22N4OS/c17-15-13(6-4-10-19-8-2-1-3-9-19)12-20(16(21)18-15)14-7-5-11-22-14/h12,14H,1-3,5,7-11H2,(H2,17,18,21)/t14-/m1/s1. The van der Waals surface area contributed by atoms with E-state index < -0.39 is 0 Å². The minimum Gasteiger partial charge on any atom is -0.382 e. The molecule has 1 aromatic heterocycles. The zero-order valence-corrected chi connectivity index (χ0v) is 13.6. The highest BCUT2D eigenvalue weighted by molar-refractivity contribution is 7.99. The molecule has 2 fully saturated rings. The second-order valence-electron chi connectivity index (χ2n) is 5.84. The van der Waals surface area contributed by atoms with Gasteiger partial charge >= 0.3 is 5.69 Å². The van der Waals surface area contributed by atoms with E-state index >= 15 is 0 Å². The van der Waals surface area contributed by atoms with Gasteiger partial charge < -0.3 is 5.73 Å². The SMILES string of the molecule is Nc1nc(=O)n([C@H]2CCCS2)cc1C#CCN1CCCCC1. The summed E-state index contributed by atoms with van der Waals surface area (Å²) in [5.41, 5.74) is 6.27. The summed E-state index contributed by atoms with van der Waals surface area (Å²) in [5, 5.41) is 0.184. The zero-order chi connectivity index (χ0) is 15.4. The van der Waals surface area contributed by atoms with E-state index in [1.54, 1.807) is 22.5 Å². The van der Waals surface area contributed by atoms with Gasteiger partial charge in [-0.25, -0.2) is 4.79 Å². The molecule has 0 saturated carbocycles. The van der Waals surface area contributed by atoms with Gasteiger partial charge in [0.2, 0.25) is 0 Å². The number of piperidine rings is 1. The van der Waals surface area contributed by atoms with E-state index in [2.05, 4.69) is 21.7 Å². The predicted molar refractivity (Wildman–Crippen MR) is 90.8 cm³/mol. The highest BCUT2D eigenvalue weighted by Crippen LogP contribution is 2.34. The summed E-state index contributed by atoms with van der Waals surface area (Å²) in [6.07, 6.45) is 7.78. The first kappa shape index (κ1) is 15.4. The van der Waals surface area contributed by atoms with Gasteiger partial charge in [0.1, 0.15) is 5.82 Å². The lowest BCUT2D eigenvalue weighted by atomic mass is 10.1. The number of nitrogens with two attached hydrogens (primary N) is 1. The molecular formula is C16H22N4OS. The quantitative estimate of drug-likeness (QED) is 0.841. The van der Waals surface area contributed by atoms with Crippen LogP contribution in [0.4, 0.5) is 5.82 Å². The number of aromatic nitrogens is 2. The molecule has 3 rings (SSSR count). The van der Waals surface area contributed by atoms with Crippen molar-refractivity contribution in [2.45, 2.75) is 37.5 Å². The Hall–Kier alpha value is -1.45. The molecule has 2 aliphatic heterocycles. The van der Waals surface area contributed by atoms with Crippen molar-refractivity contribution in [3.63, 3.8) is 0 Å². The third-order valence-corrected chi connectivity index (χ3v) is 5.54. The van der Waals surface area contributed by atoms with Crippen molar-refractivity contribution < 1.29 is 0 Å². The molecule has 2 aliphatic rings. The molecule has 0 aromatic carbocycles. The summed E-state index contributed by atoms with van der Waals surface area (Å²) in [6.45, 7) is 3.01. The average molecular weight is 318 g/mol. The summed E-state index contributed by atoms with van der Waals surface area (Å²) >= 11 is 1.80. The van der Waals surface area contributed by atoms with Crippen LogP contribution in [0.15, 0.2) is 11.0 Å². The first-order valence-electron chi connectivity index (χ1n) is 7.95. The van der Waals surface area contributed by atoms with E-state index in [9.17, 15) is 4.79 Å². The van der Waals surface area contributed by atoms with Gasteiger partial charge in [-0.3, -0.25) is 9.47 Å². The van der Waals surface area contributed by atoms with Crippen LogP contribution in [0.25, 0.3) is 0 Å². The summed E-state index contributed by atoms with van der Waals surface area (Å²) < 4.78 is 1.69. The van der Waals surface area contributed by atoms with Crippen molar-refractivity contribution in [3.8, 4) is 11.8 Å². The van der Waals surface area contributed by atoms with Crippen LogP contribution >= 0.6 is 11.8 Å². The molecule has 0 radical (unpaired) electrons. The van der Waals surface area contributed by atoms with E-state index in [0.29, 0.717) is 5.56 Å². The molecule has 118 valence electrons. The molecule has 0 spiro atoms. The maximum atomic E-state index is 12.0. The normalized spacial score (nSPS) is 22.3. The van der Waals surface area contributed by atoms with Gasteiger partial charge in [0.05, 0.1) is 17.5 Å². The fourth-order valence-electron chi connectivity index (χ4n) is 2.93. The van der Waals surface area contributed by atoms with Gasteiger partial charge in [-0.05, 0) is 44.5 Å². The Labute approximate surface area is 135 Å². The van der Waals surface area contributed by atoms with Crippen LogP contribution in [0.5, 0.6) is 0 Å². The Morgan fingerprint density at radius 1 is 1.32 bits per heavy atom. The monoisotopic (exact) mass is 318 g/mol. The van der Waals surface area contributed by atoms with E-state index in [1.807, 2.05) is 0 Å². The van der Waals surface area contributed by atoms with Crippen LogP contribution < -0.4 is 11.4 Å². The van der Waals surface area contributed by atoms with Crippen molar-refractivity contribution in [2.24, 2.45) is 0 Å². The van der Waals surface area contributed by atoms with Crippen molar-refractivity contribution in [3.05, 3.63) is 22.2 Å². The number of hydrogen-bond acceptors (Lipinski definition) is 5. The third kappa shape index (κ3) is 3.65. The number of nitrogen functional groups attached to an aromatic ring is 1. The minimum absolute atomic E-state index is 0.184. The molecule has 2 saturated heterocycles. The molecule has 22 heavy (non-hydrogen) atoms. The summed E-state index contributed by atoms with van der Waals surface area (Å²) in [4.78, 5) is 18.3. The fourth-order valence-corrected chi connectivity index (χ4v) is 4.18. The van der Waals surface area contributed by atoms with Crippen molar-refractivity contribution >= 4 is 17.6 Å². The predicted octanol–water partition coefficient (Wildman–Crippen LogP) is 1.69. The average Bonchev–Trinajstić information content (AvgIpc) is 3.04. The summed E-state index contributed by atoms with van der Waals surface area (Å²) in [7, 11) is 0. The molecule has 1 aromatic rings. The van der Waals surface area contributed by atoms with Crippen LogP contribution in [-0.4, -0.2) is 39.8 Å². The van der Waals surface area contributed by atoms with Crippen LogP contribution in [0.1, 0.15) is 43.0 Å². The Morgan fingerprint density at radius 2 is 2.14 bits per heavy atom. The first-order chi connectivity index (χ1) is 10.7. The molecule has 1 atom stereocenters. The molecule has 5 nitrogen and oxygen atoms in total. The van der Waals surface area contributed by atoms with Gasteiger partial charge in [-0.15, -0.1) is 11.8 Å². The molecule has 0 aliphatic carbocycles. The lowest BCUT2D eigenvalue weighted by Crippen LogP contribution is -2.30. The van der Waals surface area contributed by atoms with E-state index in [0.717, 1.165) is 38.2 Å². The molecule has 2 N–H and O–H groups in total. The maximum absolute atomic E-state index is 12.0. The molecule has 0 amide bonds. The smallest absolute Gasteiger partial charge is 0.350 e. The number of thioether (sulfide) groups is 1. The largest absolute Gasteiger partial charge is 0.382 e. The van der Waals surface area contributed by atoms with Gasteiger partial charge in [-0.2, -0.15) is 4.98 Å². The Bertz CT molecular complexity index is 634. The Morgan fingerprint density at radius 3 is 2.86 bits per heavy atom. The minimum atomic E-state index is -0.265. The van der Waals surface area contributed by atoms with Gasteiger partial charge in [-0.1, -0.05) is 18.3 Å². The van der Waals surface area contributed by atoms with E-state index in [1.165, 1.54) is 19.3 Å². The van der Waals surface area contributed by atoms with Crippen LogP contribution in [0.2, 0.25) is 0 Å². The summed E-state index contributed by atoms with van der Waals surface area (Å²) in [5.74, 6) is 7.63. The van der Waals surface area contributed by atoms with Crippen molar-refractivity contribution in [1.29, 1.82) is 0 Å². The Kier molecular flexibility index (Phi) is 5.06. The molecule has 0 unspecified atom stereocenters. The van der Waals surface area contributed by atoms with E-state index in [4.69, 9.17) is 5.73 Å². The number of likely N-dealkylation sites (tertiary alicyclic amines) is 1. The van der Waals surface area contributed by atoms with Gasteiger partial charge in [0, 0.05) is 6.20 Å². The van der Waals surface area contributed by atoms with Gasteiger partial charge in [0.15, 0.2) is 0 Å². The third-order valence-electron chi connectivity index (χ3n) is 4.17. The van der Waals surface area contributed by atoms with Crippen LogP contribution in [0, 0.1) is 11.8 Å². The van der Waals surface area contributed by atoms with Crippen LogP contribution in [-0.2, 0) is 0 Å². The Balaban J connectivity index is 1.75.